The lowest BCUT2D eigenvalue weighted by Crippen LogP contribution is -2.08. The largest absolute Gasteiger partial charge is 0.506 e. The van der Waals surface area contributed by atoms with Gasteiger partial charge >= 0.3 is 0 Å². The SMILES string of the molecule is CN(C)c1ccc(CC2CC2)cc1O. The van der Waals surface area contributed by atoms with Crippen molar-refractivity contribution in [2.75, 3.05) is 19.0 Å². The predicted octanol–water partition coefficient (Wildman–Crippen LogP) is 2.41. The minimum atomic E-state index is 0.396. The fourth-order valence-electron chi connectivity index (χ4n) is 1.73. The second-order valence-corrected chi connectivity index (χ2v) is 4.36. The van der Waals surface area contributed by atoms with Crippen molar-refractivity contribution in [3.8, 4) is 5.75 Å². The second kappa shape index (κ2) is 3.52. The number of hydrogen-bond donors (Lipinski definition) is 1. The molecule has 0 atom stereocenters. The number of phenols is 1. The highest BCUT2D eigenvalue weighted by Crippen LogP contribution is 2.34. The molecule has 1 aromatic rings. The third-order valence-electron chi connectivity index (χ3n) is 2.74. The third-order valence-corrected chi connectivity index (χ3v) is 2.74. The minimum absolute atomic E-state index is 0.396. The molecule has 0 aliphatic heterocycles. The molecule has 14 heavy (non-hydrogen) atoms. The Morgan fingerprint density at radius 1 is 1.36 bits per heavy atom. The van der Waals surface area contributed by atoms with Gasteiger partial charge in [-0.15, -0.1) is 0 Å². The summed E-state index contributed by atoms with van der Waals surface area (Å²) in [5.74, 6) is 1.27. The summed E-state index contributed by atoms with van der Waals surface area (Å²) in [5.41, 5.74) is 2.15. The Balaban J connectivity index is 2.16. The van der Waals surface area contributed by atoms with E-state index in [0.29, 0.717) is 5.75 Å². The van der Waals surface area contributed by atoms with Crippen LogP contribution in [0.3, 0.4) is 0 Å². The van der Waals surface area contributed by atoms with Crippen LogP contribution in [0.1, 0.15) is 18.4 Å². The number of phenolic OH excluding ortho intramolecular Hbond substituents is 1. The van der Waals surface area contributed by atoms with E-state index in [9.17, 15) is 5.11 Å². The zero-order valence-electron chi connectivity index (χ0n) is 8.83. The van der Waals surface area contributed by atoms with Crippen LogP contribution in [0.15, 0.2) is 18.2 Å². The van der Waals surface area contributed by atoms with Crippen LogP contribution in [0.2, 0.25) is 0 Å². The zero-order valence-corrected chi connectivity index (χ0v) is 8.83. The van der Waals surface area contributed by atoms with E-state index in [4.69, 9.17) is 0 Å². The van der Waals surface area contributed by atoms with Crippen LogP contribution in [0.25, 0.3) is 0 Å². The summed E-state index contributed by atoms with van der Waals surface area (Å²) >= 11 is 0. The Bertz CT molecular complexity index is 329. The van der Waals surface area contributed by atoms with Crippen LogP contribution >= 0.6 is 0 Å². The van der Waals surface area contributed by atoms with E-state index in [2.05, 4.69) is 6.07 Å². The monoisotopic (exact) mass is 191 g/mol. The van der Waals surface area contributed by atoms with Crippen LogP contribution in [0.4, 0.5) is 5.69 Å². The summed E-state index contributed by atoms with van der Waals surface area (Å²) in [6, 6.07) is 6.01. The van der Waals surface area contributed by atoms with Gasteiger partial charge in [-0.25, -0.2) is 0 Å². The molecule has 2 rings (SSSR count). The lowest BCUT2D eigenvalue weighted by atomic mass is 10.1. The van der Waals surface area contributed by atoms with Crippen molar-refractivity contribution in [2.45, 2.75) is 19.3 Å². The Hall–Kier alpha value is -1.18. The van der Waals surface area contributed by atoms with Gasteiger partial charge < -0.3 is 10.0 Å². The molecule has 1 saturated carbocycles. The van der Waals surface area contributed by atoms with E-state index in [1.54, 1.807) is 0 Å². The second-order valence-electron chi connectivity index (χ2n) is 4.36. The molecule has 0 radical (unpaired) electrons. The van der Waals surface area contributed by atoms with Gasteiger partial charge in [-0.2, -0.15) is 0 Å². The molecular formula is C12H17NO. The Morgan fingerprint density at radius 2 is 2.07 bits per heavy atom. The number of anilines is 1. The fourth-order valence-corrected chi connectivity index (χ4v) is 1.73. The number of nitrogens with zero attached hydrogens (tertiary/aromatic N) is 1. The van der Waals surface area contributed by atoms with Gasteiger partial charge in [-0.3, -0.25) is 0 Å². The average Bonchev–Trinajstić information content (AvgIpc) is 2.87. The van der Waals surface area contributed by atoms with Crippen LogP contribution in [0.5, 0.6) is 5.75 Å². The third kappa shape index (κ3) is 2.00. The Morgan fingerprint density at radius 3 is 2.57 bits per heavy atom. The highest BCUT2D eigenvalue weighted by atomic mass is 16.3. The van der Waals surface area contributed by atoms with Crippen LogP contribution < -0.4 is 4.90 Å². The number of benzene rings is 1. The van der Waals surface area contributed by atoms with Crippen molar-refractivity contribution >= 4 is 5.69 Å². The first-order chi connectivity index (χ1) is 6.66. The lowest BCUT2D eigenvalue weighted by molar-refractivity contribution is 0.474. The topological polar surface area (TPSA) is 23.5 Å². The van der Waals surface area contributed by atoms with Gasteiger partial charge in [0, 0.05) is 14.1 Å². The van der Waals surface area contributed by atoms with Crippen molar-refractivity contribution in [1.29, 1.82) is 0 Å². The standard InChI is InChI=1S/C12H17NO/c1-13(2)11-6-5-10(8-12(11)14)7-9-3-4-9/h5-6,8-9,14H,3-4,7H2,1-2H3. The summed E-state index contributed by atoms with van der Waals surface area (Å²) in [4.78, 5) is 1.93. The quantitative estimate of drug-likeness (QED) is 0.793. The predicted molar refractivity (Wildman–Crippen MR) is 58.9 cm³/mol. The molecule has 1 aliphatic rings. The van der Waals surface area contributed by atoms with Gasteiger partial charge in [0.2, 0.25) is 0 Å². The van der Waals surface area contributed by atoms with Crippen molar-refractivity contribution in [3.05, 3.63) is 23.8 Å². The average molecular weight is 191 g/mol. The normalized spacial score (nSPS) is 15.6. The molecule has 0 spiro atoms. The molecular weight excluding hydrogens is 174 g/mol. The molecule has 76 valence electrons. The molecule has 1 aromatic carbocycles. The first kappa shape index (κ1) is 9.38. The van der Waals surface area contributed by atoms with Crippen molar-refractivity contribution in [1.82, 2.24) is 0 Å². The van der Waals surface area contributed by atoms with Gasteiger partial charge in [0.05, 0.1) is 5.69 Å². The first-order valence-corrected chi connectivity index (χ1v) is 5.16. The van der Waals surface area contributed by atoms with E-state index in [-0.39, 0.29) is 0 Å². The van der Waals surface area contributed by atoms with Gasteiger partial charge in [-0.1, -0.05) is 6.07 Å². The molecule has 1 fully saturated rings. The van der Waals surface area contributed by atoms with Crippen molar-refractivity contribution in [3.63, 3.8) is 0 Å². The molecule has 2 nitrogen and oxygen atoms in total. The van der Waals surface area contributed by atoms with Gasteiger partial charge in [-0.05, 0) is 42.9 Å². The molecule has 0 bridgehead atoms. The van der Waals surface area contributed by atoms with E-state index in [1.165, 1.54) is 18.4 Å². The number of aromatic hydroxyl groups is 1. The molecule has 0 heterocycles. The highest BCUT2D eigenvalue weighted by molar-refractivity contribution is 5.58. The van der Waals surface area contributed by atoms with Crippen LogP contribution in [-0.4, -0.2) is 19.2 Å². The maximum absolute atomic E-state index is 9.75. The summed E-state index contributed by atoms with van der Waals surface area (Å²) in [5, 5.41) is 9.75. The number of rotatable bonds is 3. The maximum Gasteiger partial charge on any atom is 0.139 e. The smallest absolute Gasteiger partial charge is 0.139 e. The molecule has 0 aromatic heterocycles. The number of hydrogen-bond acceptors (Lipinski definition) is 2. The van der Waals surface area contributed by atoms with Crippen LogP contribution in [0, 0.1) is 5.92 Å². The molecule has 1 N–H and O–H groups in total. The Labute approximate surface area is 85.2 Å². The zero-order chi connectivity index (χ0) is 10.1. The summed E-state index contributed by atoms with van der Waals surface area (Å²) in [6.07, 6.45) is 3.84. The van der Waals surface area contributed by atoms with Gasteiger partial charge in [0.15, 0.2) is 0 Å². The summed E-state index contributed by atoms with van der Waals surface area (Å²) in [6.45, 7) is 0. The van der Waals surface area contributed by atoms with Gasteiger partial charge in [0.25, 0.3) is 0 Å². The van der Waals surface area contributed by atoms with E-state index in [0.717, 1.165) is 18.0 Å². The maximum atomic E-state index is 9.75. The molecule has 2 heteroatoms. The minimum Gasteiger partial charge on any atom is -0.506 e. The van der Waals surface area contributed by atoms with Crippen LogP contribution in [-0.2, 0) is 6.42 Å². The molecule has 0 amide bonds. The van der Waals surface area contributed by atoms with E-state index in [1.807, 2.05) is 31.1 Å². The summed E-state index contributed by atoms with van der Waals surface area (Å²) < 4.78 is 0. The van der Waals surface area contributed by atoms with Crippen molar-refractivity contribution < 1.29 is 5.11 Å². The molecule has 0 saturated heterocycles. The molecule has 0 unspecified atom stereocenters. The highest BCUT2D eigenvalue weighted by Gasteiger charge is 2.21. The van der Waals surface area contributed by atoms with Gasteiger partial charge in [0.1, 0.15) is 5.75 Å². The van der Waals surface area contributed by atoms with E-state index >= 15 is 0 Å². The van der Waals surface area contributed by atoms with E-state index < -0.39 is 0 Å². The Kier molecular flexibility index (Phi) is 2.36. The lowest BCUT2D eigenvalue weighted by Gasteiger charge is -2.14. The summed E-state index contributed by atoms with van der Waals surface area (Å²) in [7, 11) is 3.88. The fraction of sp³-hybridized carbons (Fsp3) is 0.500. The van der Waals surface area contributed by atoms with Crippen molar-refractivity contribution in [2.24, 2.45) is 5.92 Å². The first-order valence-electron chi connectivity index (χ1n) is 5.16. The molecule has 1 aliphatic carbocycles.